The third-order valence-electron chi connectivity index (χ3n) is 3.14. The number of thioether (sulfide) groups is 1. The van der Waals surface area contributed by atoms with E-state index in [9.17, 15) is 18.0 Å². The Bertz CT molecular complexity index is 507. The number of ether oxygens (including phenoxy) is 1. The Kier molecular flexibility index (Phi) is 5.16. The topological polar surface area (TPSA) is 38.3 Å². The van der Waals surface area contributed by atoms with E-state index in [2.05, 4.69) is 10.1 Å². The Morgan fingerprint density at radius 3 is 2.90 bits per heavy atom. The van der Waals surface area contributed by atoms with E-state index in [0.717, 1.165) is 22.6 Å². The summed E-state index contributed by atoms with van der Waals surface area (Å²) in [4.78, 5) is 13.0. The molecule has 0 fully saturated rings. The summed E-state index contributed by atoms with van der Waals surface area (Å²) in [6.45, 7) is -0.0940. The summed E-state index contributed by atoms with van der Waals surface area (Å²) in [6.07, 6.45) is -4.81. The molecule has 2 atom stereocenters. The lowest BCUT2D eigenvalue weighted by molar-refractivity contribution is -0.185. The summed E-state index contributed by atoms with van der Waals surface area (Å²) in [7, 11) is 0. The number of fused-ring (bicyclic) bond motifs is 1. The van der Waals surface area contributed by atoms with Gasteiger partial charge >= 0.3 is 6.18 Å². The van der Waals surface area contributed by atoms with Crippen molar-refractivity contribution in [3.8, 4) is 0 Å². The fourth-order valence-corrected chi connectivity index (χ4v) is 3.20. The second-order valence-electron chi connectivity index (χ2n) is 4.80. The molecule has 7 heteroatoms. The average Bonchev–Trinajstić information content (AvgIpc) is 2.44. The van der Waals surface area contributed by atoms with Gasteiger partial charge in [0.25, 0.3) is 0 Å². The van der Waals surface area contributed by atoms with Crippen LogP contribution in [0.25, 0.3) is 0 Å². The van der Waals surface area contributed by atoms with E-state index in [0.29, 0.717) is 0 Å². The molecule has 0 unspecified atom stereocenters. The molecule has 1 amide bonds. The first kappa shape index (κ1) is 16.2. The Balaban J connectivity index is 1.94. The summed E-state index contributed by atoms with van der Waals surface area (Å²) in [5.74, 6) is 0.339. The molecule has 1 aromatic carbocycles. The minimum atomic E-state index is -4.43. The first-order valence-corrected chi connectivity index (χ1v) is 7.56. The number of alkyl halides is 3. The third kappa shape index (κ3) is 4.64. The van der Waals surface area contributed by atoms with Crippen LogP contribution in [0.15, 0.2) is 29.2 Å². The van der Waals surface area contributed by atoms with Gasteiger partial charge in [-0.05, 0) is 25.0 Å². The number of carbonyl (C=O) groups is 1. The van der Waals surface area contributed by atoms with Crippen LogP contribution in [0.5, 0.6) is 0 Å². The van der Waals surface area contributed by atoms with Gasteiger partial charge < -0.3 is 10.1 Å². The second-order valence-corrected chi connectivity index (χ2v) is 5.94. The van der Waals surface area contributed by atoms with Crippen molar-refractivity contribution in [2.24, 2.45) is 0 Å². The highest BCUT2D eigenvalue weighted by molar-refractivity contribution is 7.99. The Morgan fingerprint density at radius 2 is 2.19 bits per heavy atom. The molecule has 116 valence electrons. The highest BCUT2D eigenvalue weighted by Gasteiger charge is 2.31. The maximum atomic E-state index is 12.1. The molecule has 1 heterocycles. The molecule has 1 N–H and O–H groups in total. The lowest BCUT2D eigenvalue weighted by Gasteiger charge is -2.27. The number of hydrogen-bond donors (Lipinski definition) is 1. The van der Waals surface area contributed by atoms with Crippen molar-refractivity contribution in [1.82, 2.24) is 5.32 Å². The molecule has 3 nitrogen and oxygen atoms in total. The van der Waals surface area contributed by atoms with Gasteiger partial charge in [0.05, 0.1) is 6.04 Å². The van der Waals surface area contributed by atoms with Gasteiger partial charge in [0.2, 0.25) is 5.91 Å². The molecule has 0 spiro atoms. The van der Waals surface area contributed by atoms with Gasteiger partial charge in [-0.2, -0.15) is 13.2 Å². The van der Waals surface area contributed by atoms with Gasteiger partial charge in [-0.3, -0.25) is 4.79 Å². The number of hydrogen-bond acceptors (Lipinski definition) is 3. The molecular weight excluding hydrogens is 303 g/mol. The number of amides is 1. The zero-order valence-electron chi connectivity index (χ0n) is 11.4. The Morgan fingerprint density at radius 1 is 1.48 bits per heavy atom. The minimum absolute atomic E-state index is 0.174. The molecule has 0 aromatic heterocycles. The van der Waals surface area contributed by atoms with Crippen LogP contribution in [0, 0.1) is 0 Å². The highest BCUT2D eigenvalue weighted by atomic mass is 32.2. The number of rotatable bonds is 4. The normalized spacial score (nSPS) is 19.7. The maximum Gasteiger partial charge on any atom is 0.411 e. The Hall–Kier alpha value is -1.21. The number of halogens is 3. The molecule has 1 aliphatic heterocycles. The molecular formula is C14H16F3NO2S. The lowest BCUT2D eigenvalue weighted by Crippen LogP contribution is -2.39. The van der Waals surface area contributed by atoms with Crippen molar-refractivity contribution in [3.05, 3.63) is 29.8 Å². The maximum absolute atomic E-state index is 12.1. The average molecular weight is 319 g/mol. The number of benzene rings is 1. The first-order valence-electron chi connectivity index (χ1n) is 6.57. The van der Waals surface area contributed by atoms with Crippen molar-refractivity contribution in [2.45, 2.75) is 36.6 Å². The van der Waals surface area contributed by atoms with Crippen molar-refractivity contribution < 1.29 is 22.7 Å². The van der Waals surface area contributed by atoms with Crippen molar-refractivity contribution in [2.75, 3.05) is 12.4 Å². The standard InChI is InChI=1S/C14H16F3NO2S/c1-9(20-8-14(15,16)17)13(19)18-11-6-7-21-12-5-3-2-4-10(11)12/h2-5,9,11H,6-8H2,1H3,(H,18,19)/t9-,11+/m1/s1. The largest absolute Gasteiger partial charge is 0.411 e. The van der Waals surface area contributed by atoms with E-state index < -0.39 is 24.8 Å². The second kappa shape index (κ2) is 6.70. The third-order valence-corrected chi connectivity index (χ3v) is 4.26. The number of nitrogens with one attached hydrogen (secondary N) is 1. The fourth-order valence-electron chi connectivity index (χ4n) is 2.08. The summed E-state index contributed by atoms with van der Waals surface area (Å²) < 4.78 is 40.8. The fraction of sp³-hybridized carbons (Fsp3) is 0.500. The summed E-state index contributed by atoms with van der Waals surface area (Å²) in [6, 6.07) is 7.53. The van der Waals surface area contributed by atoms with E-state index in [4.69, 9.17) is 0 Å². The molecule has 1 aliphatic rings. The monoisotopic (exact) mass is 319 g/mol. The predicted molar refractivity (Wildman–Crippen MR) is 74.1 cm³/mol. The lowest BCUT2D eigenvalue weighted by atomic mass is 10.0. The minimum Gasteiger partial charge on any atom is -0.359 e. The van der Waals surface area contributed by atoms with Gasteiger partial charge in [-0.25, -0.2) is 0 Å². The molecule has 0 saturated carbocycles. The van der Waals surface area contributed by atoms with Gasteiger partial charge in [0.15, 0.2) is 0 Å². The quantitative estimate of drug-likeness (QED) is 0.925. The number of carbonyl (C=O) groups excluding carboxylic acids is 1. The summed E-state index contributed by atoms with van der Waals surface area (Å²) >= 11 is 1.71. The summed E-state index contributed by atoms with van der Waals surface area (Å²) in [5, 5.41) is 2.77. The van der Waals surface area contributed by atoms with Crippen molar-refractivity contribution >= 4 is 17.7 Å². The SMILES string of the molecule is C[C@@H](OCC(F)(F)F)C(=O)N[C@H]1CCSc2ccccc21. The van der Waals surface area contributed by atoms with Crippen molar-refractivity contribution in [1.29, 1.82) is 0 Å². The van der Waals surface area contributed by atoms with Crippen LogP contribution < -0.4 is 5.32 Å². The van der Waals surface area contributed by atoms with Crippen molar-refractivity contribution in [3.63, 3.8) is 0 Å². The van der Waals surface area contributed by atoms with Crippen LogP contribution >= 0.6 is 11.8 Å². The van der Waals surface area contributed by atoms with E-state index in [-0.39, 0.29) is 6.04 Å². The van der Waals surface area contributed by atoms with E-state index in [1.807, 2.05) is 24.3 Å². The van der Waals surface area contributed by atoms with E-state index in [1.165, 1.54) is 6.92 Å². The van der Waals surface area contributed by atoms with Gasteiger partial charge in [-0.15, -0.1) is 11.8 Å². The van der Waals surface area contributed by atoms with Gasteiger partial charge in [0.1, 0.15) is 12.7 Å². The molecule has 2 rings (SSSR count). The molecule has 1 aromatic rings. The van der Waals surface area contributed by atoms with Crippen LogP contribution in [-0.2, 0) is 9.53 Å². The molecule has 21 heavy (non-hydrogen) atoms. The smallest absolute Gasteiger partial charge is 0.359 e. The van der Waals surface area contributed by atoms with E-state index in [1.54, 1.807) is 11.8 Å². The van der Waals surface area contributed by atoms with Crippen LogP contribution in [0.1, 0.15) is 24.9 Å². The van der Waals surface area contributed by atoms with E-state index >= 15 is 0 Å². The van der Waals surface area contributed by atoms with Crippen LogP contribution in [0.4, 0.5) is 13.2 Å². The van der Waals surface area contributed by atoms with Gasteiger partial charge in [-0.1, -0.05) is 18.2 Å². The van der Waals surface area contributed by atoms with Crippen LogP contribution in [0.3, 0.4) is 0 Å². The predicted octanol–water partition coefficient (Wildman–Crippen LogP) is 3.31. The summed E-state index contributed by atoms with van der Waals surface area (Å²) in [5.41, 5.74) is 1.00. The van der Waals surface area contributed by atoms with Crippen LogP contribution in [0.2, 0.25) is 0 Å². The molecule has 0 saturated heterocycles. The highest BCUT2D eigenvalue weighted by Crippen LogP contribution is 2.35. The molecule has 0 radical (unpaired) electrons. The van der Waals surface area contributed by atoms with Crippen LogP contribution in [-0.4, -0.2) is 30.5 Å². The zero-order chi connectivity index (χ0) is 15.5. The first-order chi connectivity index (χ1) is 9.87. The molecule has 0 aliphatic carbocycles. The molecule has 0 bridgehead atoms. The zero-order valence-corrected chi connectivity index (χ0v) is 12.3. The Labute approximate surface area is 125 Å². The van der Waals surface area contributed by atoms with Gasteiger partial charge in [0, 0.05) is 10.6 Å².